The minimum Gasteiger partial charge on any atom is -0.351 e. The minimum absolute atomic E-state index is 0.231. The van der Waals surface area contributed by atoms with Gasteiger partial charge in [0.1, 0.15) is 0 Å². The molecule has 4 rings (SSSR count). The molecule has 3 aromatic carbocycles. The van der Waals surface area contributed by atoms with Crippen LogP contribution in [-0.2, 0) is 23.1 Å². The van der Waals surface area contributed by atoms with E-state index in [0.717, 1.165) is 45.5 Å². The lowest BCUT2D eigenvalue weighted by Gasteiger charge is -2.15. The first-order valence-corrected chi connectivity index (χ1v) is 12.7. The Kier molecular flexibility index (Phi) is 6.53. The molecule has 0 aliphatic carbocycles. The third-order valence-electron chi connectivity index (χ3n) is 5.18. The first kappa shape index (κ1) is 22.4. The fourth-order valence-electron chi connectivity index (χ4n) is 3.56. The van der Waals surface area contributed by atoms with Gasteiger partial charge in [0.2, 0.25) is 5.95 Å². The molecule has 2 N–H and O–H groups in total. The lowest BCUT2D eigenvalue weighted by Crippen LogP contribution is -2.15. The van der Waals surface area contributed by atoms with Crippen LogP contribution in [-0.4, -0.2) is 18.0 Å². The normalized spacial score (nSPS) is 11.6. The monoisotopic (exact) mass is 512 g/mol. The Morgan fingerprint density at radius 2 is 1.78 bits per heavy atom. The van der Waals surface area contributed by atoms with Crippen LogP contribution in [0.15, 0.2) is 76.1 Å². The Morgan fingerprint density at radius 3 is 2.53 bits per heavy atom. The molecule has 8 heteroatoms. The highest BCUT2D eigenvalue weighted by Crippen LogP contribution is 2.26. The molecule has 0 atom stereocenters. The largest absolute Gasteiger partial charge is 0.351 e. The van der Waals surface area contributed by atoms with Gasteiger partial charge in [0.25, 0.3) is 10.0 Å². The fraction of sp³-hybridized carbons (Fsp3) is 0.208. The first-order valence-electron chi connectivity index (χ1n) is 10.4. The maximum Gasteiger partial charge on any atom is 0.261 e. The number of aryl methyl sites for hydroxylation is 2. The highest BCUT2D eigenvalue weighted by Gasteiger charge is 2.17. The molecule has 0 bridgehead atoms. The van der Waals surface area contributed by atoms with Crippen molar-refractivity contribution >= 4 is 48.6 Å². The summed E-state index contributed by atoms with van der Waals surface area (Å²) in [5.41, 5.74) is 4.35. The number of hydrogen-bond acceptors (Lipinski definition) is 4. The topological polar surface area (TPSA) is 76.0 Å². The van der Waals surface area contributed by atoms with E-state index in [1.54, 1.807) is 30.3 Å². The maximum atomic E-state index is 12.9. The molecule has 166 valence electrons. The van der Waals surface area contributed by atoms with Gasteiger partial charge in [-0.3, -0.25) is 4.72 Å². The fourth-order valence-corrected chi connectivity index (χ4v) is 5.07. The van der Waals surface area contributed by atoms with Crippen molar-refractivity contribution in [3.05, 3.63) is 82.3 Å². The maximum absolute atomic E-state index is 12.9. The minimum atomic E-state index is -3.70. The molecule has 4 aromatic rings. The molecule has 0 radical (unpaired) electrons. The third kappa shape index (κ3) is 4.81. The number of benzene rings is 3. The predicted molar refractivity (Wildman–Crippen MR) is 133 cm³/mol. The highest BCUT2D eigenvalue weighted by atomic mass is 79.9. The molecule has 1 heterocycles. The standard InChI is InChI=1S/C24H25BrN4O2S/c1-3-14-29-23-7-5-4-6-22(23)27-24(29)26-16-18-15-19(25)10-13-21(18)28-32(30,31)20-11-8-17(2)9-12-20/h4-13,15,28H,3,14,16H2,1-2H3,(H,26,27). The average molecular weight is 513 g/mol. The second-order valence-electron chi connectivity index (χ2n) is 7.65. The van der Waals surface area contributed by atoms with Gasteiger partial charge in [-0.1, -0.05) is 52.7 Å². The van der Waals surface area contributed by atoms with Gasteiger partial charge in [-0.25, -0.2) is 13.4 Å². The number of hydrogen-bond donors (Lipinski definition) is 2. The number of rotatable bonds is 8. The summed E-state index contributed by atoms with van der Waals surface area (Å²) in [4.78, 5) is 4.96. The molecular weight excluding hydrogens is 488 g/mol. The number of fused-ring (bicyclic) bond motifs is 1. The predicted octanol–water partition coefficient (Wildman–Crippen LogP) is 5.93. The van der Waals surface area contributed by atoms with E-state index in [-0.39, 0.29) is 4.90 Å². The molecule has 0 saturated carbocycles. The van der Waals surface area contributed by atoms with Crippen LogP contribution in [0.25, 0.3) is 11.0 Å². The number of imidazole rings is 1. The number of sulfonamides is 1. The zero-order chi connectivity index (χ0) is 22.7. The van der Waals surface area contributed by atoms with Crippen molar-refractivity contribution in [3.8, 4) is 0 Å². The van der Waals surface area contributed by atoms with E-state index >= 15 is 0 Å². The summed E-state index contributed by atoms with van der Waals surface area (Å²) in [6.45, 7) is 5.31. The van der Waals surface area contributed by atoms with Crippen LogP contribution in [0, 0.1) is 6.92 Å². The van der Waals surface area contributed by atoms with Crippen LogP contribution < -0.4 is 10.0 Å². The van der Waals surface area contributed by atoms with Crippen molar-refractivity contribution in [1.82, 2.24) is 9.55 Å². The SMILES string of the molecule is CCCn1c(NCc2cc(Br)ccc2NS(=O)(=O)c2ccc(C)cc2)nc2ccccc21. The van der Waals surface area contributed by atoms with E-state index in [4.69, 9.17) is 4.98 Å². The summed E-state index contributed by atoms with van der Waals surface area (Å²) in [6, 6.07) is 20.3. The Hall–Kier alpha value is -2.84. The van der Waals surface area contributed by atoms with Gasteiger partial charge in [0.05, 0.1) is 21.6 Å². The summed E-state index contributed by atoms with van der Waals surface area (Å²) in [5.74, 6) is 0.764. The second-order valence-corrected chi connectivity index (χ2v) is 10.2. The summed E-state index contributed by atoms with van der Waals surface area (Å²) in [6.07, 6.45) is 0.980. The Bertz CT molecular complexity index is 1350. The molecule has 0 aliphatic rings. The van der Waals surface area contributed by atoms with E-state index in [1.807, 2.05) is 37.3 Å². The van der Waals surface area contributed by atoms with Crippen molar-refractivity contribution in [2.75, 3.05) is 10.0 Å². The molecule has 0 unspecified atom stereocenters. The number of para-hydroxylation sites is 2. The van der Waals surface area contributed by atoms with Gasteiger partial charge in [-0.15, -0.1) is 0 Å². The van der Waals surface area contributed by atoms with Crippen LogP contribution in [0.5, 0.6) is 0 Å². The zero-order valence-corrected chi connectivity index (χ0v) is 20.4. The molecule has 32 heavy (non-hydrogen) atoms. The van der Waals surface area contributed by atoms with E-state index in [1.165, 1.54) is 0 Å². The second kappa shape index (κ2) is 9.34. The molecular formula is C24H25BrN4O2S. The number of halogens is 1. The first-order chi connectivity index (χ1) is 15.4. The highest BCUT2D eigenvalue weighted by molar-refractivity contribution is 9.10. The van der Waals surface area contributed by atoms with Crippen LogP contribution in [0.4, 0.5) is 11.6 Å². The van der Waals surface area contributed by atoms with Crippen LogP contribution in [0.3, 0.4) is 0 Å². The Morgan fingerprint density at radius 1 is 1.03 bits per heavy atom. The van der Waals surface area contributed by atoms with Crippen molar-refractivity contribution in [2.45, 2.75) is 38.3 Å². The number of anilines is 2. The molecule has 0 spiro atoms. The van der Waals surface area contributed by atoms with Gasteiger partial charge in [-0.2, -0.15) is 0 Å². The summed E-state index contributed by atoms with van der Waals surface area (Å²) < 4.78 is 31.6. The molecule has 6 nitrogen and oxygen atoms in total. The lowest BCUT2D eigenvalue weighted by atomic mass is 10.2. The smallest absolute Gasteiger partial charge is 0.261 e. The van der Waals surface area contributed by atoms with Gasteiger partial charge in [-0.05, 0) is 61.4 Å². The summed E-state index contributed by atoms with van der Waals surface area (Å²) >= 11 is 3.50. The zero-order valence-electron chi connectivity index (χ0n) is 18.0. The Labute approximate surface area is 196 Å². The van der Waals surface area contributed by atoms with Crippen molar-refractivity contribution in [3.63, 3.8) is 0 Å². The van der Waals surface area contributed by atoms with Crippen molar-refractivity contribution in [1.29, 1.82) is 0 Å². The molecule has 1 aromatic heterocycles. The molecule has 0 aliphatic heterocycles. The van der Waals surface area contributed by atoms with E-state index in [2.05, 4.69) is 43.5 Å². The van der Waals surface area contributed by atoms with Crippen LogP contribution in [0.1, 0.15) is 24.5 Å². The van der Waals surface area contributed by atoms with Gasteiger partial charge >= 0.3 is 0 Å². The van der Waals surface area contributed by atoms with E-state index in [9.17, 15) is 8.42 Å². The van der Waals surface area contributed by atoms with Crippen molar-refractivity contribution < 1.29 is 8.42 Å². The Balaban J connectivity index is 1.62. The molecule has 0 saturated heterocycles. The van der Waals surface area contributed by atoms with Crippen LogP contribution >= 0.6 is 15.9 Å². The van der Waals surface area contributed by atoms with Gasteiger partial charge < -0.3 is 9.88 Å². The number of nitrogens with zero attached hydrogens (tertiary/aromatic N) is 2. The van der Waals surface area contributed by atoms with Crippen molar-refractivity contribution in [2.24, 2.45) is 0 Å². The van der Waals surface area contributed by atoms with E-state index in [0.29, 0.717) is 12.2 Å². The van der Waals surface area contributed by atoms with Gasteiger partial charge in [0, 0.05) is 17.6 Å². The number of aromatic nitrogens is 2. The number of nitrogens with one attached hydrogen (secondary N) is 2. The molecule has 0 fully saturated rings. The average Bonchev–Trinajstić information content (AvgIpc) is 3.12. The summed E-state index contributed by atoms with van der Waals surface area (Å²) in [5, 5.41) is 3.40. The third-order valence-corrected chi connectivity index (χ3v) is 7.06. The van der Waals surface area contributed by atoms with E-state index < -0.39 is 10.0 Å². The van der Waals surface area contributed by atoms with Gasteiger partial charge in [0.15, 0.2) is 0 Å². The quantitative estimate of drug-likeness (QED) is 0.306. The lowest BCUT2D eigenvalue weighted by molar-refractivity contribution is 0.601. The summed E-state index contributed by atoms with van der Waals surface area (Å²) in [7, 11) is -3.70. The molecule has 0 amide bonds. The van der Waals surface area contributed by atoms with Crippen LogP contribution in [0.2, 0.25) is 0 Å².